The van der Waals surface area contributed by atoms with Crippen molar-refractivity contribution in [3.8, 4) is 6.07 Å². The molecule has 4 rings (SSSR count). The van der Waals surface area contributed by atoms with E-state index in [1.807, 2.05) is 0 Å². The molecular weight excluding hydrogens is 352 g/mol. The van der Waals surface area contributed by atoms with Crippen LogP contribution in [0.2, 0.25) is 0 Å². The van der Waals surface area contributed by atoms with Crippen molar-refractivity contribution in [1.29, 1.82) is 5.26 Å². The van der Waals surface area contributed by atoms with Gasteiger partial charge in [-0.2, -0.15) is 5.26 Å². The maximum absolute atomic E-state index is 12.8. The second-order valence-electron chi connectivity index (χ2n) is 8.72. The molecule has 28 heavy (non-hydrogen) atoms. The fourth-order valence-electron chi connectivity index (χ4n) is 4.91. The van der Waals surface area contributed by atoms with Crippen LogP contribution in [0.15, 0.2) is 0 Å². The number of carbonyl (C=O) groups is 1. The summed E-state index contributed by atoms with van der Waals surface area (Å²) in [6, 6.07) is 2.39. The highest BCUT2D eigenvalue weighted by atomic mass is 16.5. The van der Waals surface area contributed by atoms with E-state index in [-0.39, 0.29) is 12.0 Å². The van der Waals surface area contributed by atoms with Crippen LogP contribution in [0.4, 0.5) is 5.82 Å². The number of rotatable bonds is 5. The van der Waals surface area contributed by atoms with Gasteiger partial charge in [0.05, 0.1) is 24.8 Å². The first kappa shape index (κ1) is 19.5. The number of fused-ring (bicyclic) bond motifs is 1. The van der Waals surface area contributed by atoms with E-state index in [2.05, 4.69) is 27.8 Å². The molecule has 1 aromatic heterocycles. The molecule has 1 N–H and O–H groups in total. The number of hydrogen-bond acceptors (Lipinski definition) is 4. The lowest BCUT2D eigenvalue weighted by Crippen LogP contribution is -2.39. The Morgan fingerprint density at radius 2 is 2.00 bits per heavy atom. The summed E-state index contributed by atoms with van der Waals surface area (Å²) in [6.07, 6.45) is 8.81. The molecule has 0 bridgehead atoms. The molecule has 0 saturated carbocycles. The number of nitrogens with one attached hydrogen (secondary N) is 1. The molecule has 1 unspecified atom stereocenters. The van der Waals surface area contributed by atoms with E-state index >= 15 is 0 Å². The van der Waals surface area contributed by atoms with Gasteiger partial charge in [0.25, 0.3) is 0 Å². The summed E-state index contributed by atoms with van der Waals surface area (Å²) < 4.78 is 8.05. The largest absolute Gasteiger partial charge is 0.376 e. The molecule has 1 aromatic rings. The molecule has 6 nitrogen and oxygen atoms in total. The normalized spacial score (nSPS) is 23.4. The second kappa shape index (κ2) is 8.67. The minimum atomic E-state index is -0.00510. The molecule has 3 aliphatic rings. The molecular formula is C22H32N4O2. The van der Waals surface area contributed by atoms with Crippen LogP contribution in [0.25, 0.3) is 0 Å². The van der Waals surface area contributed by atoms with Crippen LogP contribution in [0, 0.1) is 17.2 Å². The number of carbonyl (C=O) groups excluding carboxylic acids is 1. The molecule has 1 amide bonds. The van der Waals surface area contributed by atoms with Crippen molar-refractivity contribution in [2.45, 2.75) is 70.9 Å². The monoisotopic (exact) mass is 384 g/mol. The molecule has 0 spiro atoms. The number of amides is 1. The molecule has 3 heterocycles. The van der Waals surface area contributed by atoms with Crippen LogP contribution < -0.4 is 5.32 Å². The van der Waals surface area contributed by atoms with Gasteiger partial charge < -0.3 is 14.6 Å². The minimum Gasteiger partial charge on any atom is -0.376 e. The van der Waals surface area contributed by atoms with Crippen LogP contribution in [0.1, 0.15) is 62.3 Å². The van der Waals surface area contributed by atoms with Crippen LogP contribution >= 0.6 is 0 Å². The number of ether oxygens (including phenoxy) is 1. The van der Waals surface area contributed by atoms with Crippen molar-refractivity contribution in [2.24, 2.45) is 5.92 Å². The molecule has 6 heteroatoms. The predicted molar refractivity (Wildman–Crippen MR) is 108 cm³/mol. The van der Waals surface area contributed by atoms with Crippen LogP contribution in [-0.4, -0.2) is 47.7 Å². The van der Waals surface area contributed by atoms with Gasteiger partial charge in [0.1, 0.15) is 11.9 Å². The Morgan fingerprint density at radius 3 is 2.71 bits per heavy atom. The summed E-state index contributed by atoms with van der Waals surface area (Å²) in [5.41, 5.74) is 3.06. The first-order valence-electron chi connectivity index (χ1n) is 10.9. The van der Waals surface area contributed by atoms with Crippen LogP contribution in [-0.2, 0) is 28.9 Å². The number of aromatic nitrogens is 1. The number of nitrogens with zero attached hydrogens (tertiary/aromatic N) is 3. The quantitative estimate of drug-likeness (QED) is 0.847. The number of nitriles is 1. The first-order valence-corrected chi connectivity index (χ1v) is 10.9. The van der Waals surface area contributed by atoms with E-state index in [0.717, 1.165) is 89.1 Å². The summed E-state index contributed by atoms with van der Waals surface area (Å²) in [7, 11) is 0. The van der Waals surface area contributed by atoms with Gasteiger partial charge in [0.2, 0.25) is 5.91 Å². The SMILES string of the molecule is CC1CCN(CC(=O)Nc2c(C#N)c3c(n2CC2CCCO2)CCCC3)CC1. The molecule has 0 radical (unpaired) electrons. The van der Waals surface area contributed by atoms with Crippen molar-refractivity contribution in [2.75, 3.05) is 31.6 Å². The third-order valence-electron chi connectivity index (χ3n) is 6.60. The van der Waals surface area contributed by atoms with Gasteiger partial charge in [0, 0.05) is 12.3 Å². The fourth-order valence-corrected chi connectivity index (χ4v) is 4.91. The fraction of sp³-hybridized carbons (Fsp3) is 0.727. The molecule has 2 fully saturated rings. The lowest BCUT2D eigenvalue weighted by molar-refractivity contribution is -0.117. The molecule has 2 aliphatic heterocycles. The highest BCUT2D eigenvalue weighted by Crippen LogP contribution is 2.34. The summed E-state index contributed by atoms with van der Waals surface area (Å²) >= 11 is 0. The van der Waals surface area contributed by atoms with Gasteiger partial charge in [0.15, 0.2) is 0 Å². The van der Waals surface area contributed by atoms with Crippen LogP contribution in [0.3, 0.4) is 0 Å². The standard InChI is InChI=1S/C22H32N4O2/c1-16-8-10-25(11-9-16)15-21(27)24-22-19(13-23)18-6-2-3-7-20(18)26(22)14-17-5-4-12-28-17/h16-17H,2-12,14-15H2,1H3,(H,24,27). The maximum Gasteiger partial charge on any atom is 0.239 e. The van der Waals surface area contributed by atoms with E-state index in [1.165, 1.54) is 5.69 Å². The lowest BCUT2D eigenvalue weighted by Gasteiger charge is -2.29. The van der Waals surface area contributed by atoms with Crippen molar-refractivity contribution in [3.05, 3.63) is 16.8 Å². The Morgan fingerprint density at radius 1 is 1.21 bits per heavy atom. The highest BCUT2D eigenvalue weighted by Gasteiger charge is 2.29. The average Bonchev–Trinajstić information content (AvgIpc) is 3.31. The Hall–Kier alpha value is -1.84. The van der Waals surface area contributed by atoms with Crippen molar-refractivity contribution in [1.82, 2.24) is 9.47 Å². The number of hydrogen-bond donors (Lipinski definition) is 1. The summed E-state index contributed by atoms with van der Waals surface area (Å²) in [5, 5.41) is 13.0. The van der Waals surface area contributed by atoms with Crippen molar-refractivity contribution >= 4 is 11.7 Å². The molecule has 1 atom stereocenters. The zero-order chi connectivity index (χ0) is 19.5. The predicted octanol–water partition coefficient (Wildman–Crippen LogP) is 3.09. The van der Waals surface area contributed by atoms with Gasteiger partial charge in [-0.25, -0.2) is 0 Å². The summed E-state index contributed by atoms with van der Waals surface area (Å²) in [5.74, 6) is 1.45. The Labute approximate surface area is 167 Å². The number of likely N-dealkylation sites (tertiary alicyclic amines) is 1. The van der Waals surface area contributed by atoms with Crippen LogP contribution in [0.5, 0.6) is 0 Å². The van der Waals surface area contributed by atoms with E-state index in [1.54, 1.807) is 0 Å². The van der Waals surface area contributed by atoms with Gasteiger partial charge >= 0.3 is 0 Å². The van der Waals surface area contributed by atoms with E-state index in [4.69, 9.17) is 4.74 Å². The zero-order valence-corrected chi connectivity index (χ0v) is 17.0. The molecule has 0 aromatic carbocycles. The summed E-state index contributed by atoms with van der Waals surface area (Å²) in [6.45, 7) is 6.20. The van der Waals surface area contributed by atoms with Crippen molar-refractivity contribution in [3.63, 3.8) is 0 Å². The Balaban J connectivity index is 1.55. The smallest absolute Gasteiger partial charge is 0.239 e. The topological polar surface area (TPSA) is 70.3 Å². The second-order valence-corrected chi connectivity index (χ2v) is 8.72. The van der Waals surface area contributed by atoms with Gasteiger partial charge in [-0.1, -0.05) is 6.92 Å². The van der Waals surface area contributed by atoms with E-state index in [0.29, 0.717) is 17.9 Å². The van der Waals surface area contributed by atoms with Crippen molar-refractivity contribution < 1.29 is 9.53 Å². The minimum absolute atomic E-state index is 0.00510. The van der Waals surface area contributed by atoms with E-state index < -0.39 is 0 Å². The Bertz CT molecular complexity index is 750. The van der Waals surface area contributed by atoms with E-state index in [9.17, 15) is 10.1 Å². The number of piperidine rings is 1. The lowest BCUT2D eigenvalue weighted by atomic mass is 9.95. The molecule has 1 aliphatic carbocycles. The third-order valence-corrected chi connectivity index (χ3v) is 6.60. The Kier molecular flexibility index (Phi) is 6.03. The molecule has 152 valence electrons. The highest BCUT2D eigenvalue weighted by molar-refractivity contribution is 5.93. The zero-order valence-electron chi connectivity index (χ0n) is 17.0. The summed E-state index contributed by atoms with van der Waals surface area (Å²) in [4.78, 5) is 15.1. The maximum atomic E-state index is 12.8. The van der Waals surface area contributed by atoms with Gasteiger partial charge in [-0.3, -0.25) is 9.69 Å². The first-order chi connectivity index (χ1) is 13.7. The average molecular weight is 385 g/mol. The van der Waals surface area contributed by atoms with Gasteiger partial charge in [-0.15, -0.1) is 0 Å². The third kappa shape index (κ3) is 4.11. The molecule has 2 saturated heterocycles. The number of anilines is 1. The van der Waals surface area contributed by atoms with Gasteiger partial charge in [-0.05, 0) is 75.9 Å².